The summed E-state index contributed by atoms with van der Waals surface area (Å²) in [6.45, 7) is 5.66. The molecular formula is C9H17BrO3. The van der Waals surface area contributed by atoms with Crippen molar-refractivity contribution in [3.63, 3.8) is 0 Å². The van der Waals surface area contributed by atoms with Crippen LogP contribution in [0.2, 0.25) is 0 Å². The summed E-state index contributed by atoms with van der Waals surface area (Å²) in [4.78, 5) is 11.4. The lowest BCUT2D eigenvalue weighted by molar-refractivity contribution is -0.148. The second kappa shape index (κ2) is 5.60. The number of aliphatic hydroxyl groups excluding tert-OH is 1. The van der Waals surface area contributed by atoms with E-state index in [2.05, 4.69) is 15.9 Å². The van der Waals surface area contributed by atoms with Crippen LogP contribution in [-0.4, -0.2) is 28.1 Å². The number of hydrogen-bond acceptors (Lipinski definition) is 3. The standard InChI is InChI=1S/C9H17BrO3/c1-4-6-7(11)9(3,10)8(12)13-5-2/h7,11H,4-6H2,1-3H3/t7-,9+/m0/s1. The Labute approximate surface area is 87.6 Å². The van der Waals surface area contributed by atoms with Crippen molar-refractivity contribution >= 4 is 21.9 Å². The molecule has 3 nitrogen and oxygen atoms in total. The van der Waals surface area contributed by atoms with Gasteiger partial charge >= 0.3 is 5.97 Å². The highest BCUT2D eigenvalue weighted by molar-refractivity contribution is 9.10. The Kier molecular flexibility index (Phi) is 5.56. The molecule has 4 heteroatoms. The van der Waals surface area contributed by atoms with Crippen molar-refractivity contribution in [1.82, 2.24) is 0 Å². The first-order valence-electron chi connectivity index (χ1n) is 4.51. The van der Waals surface area contributed by atoms with Crippen molar-refractivity contribution in [3.05, 3.63) is 0 Å². The summed E-state index contributed by atoms with van der Waals surface area (Å²) in [6.07, 6.45) is 0.721. The van der Waals surface area contributed by atoms with Gasteiger partial charge in [0.1, 0.15) is 4.32 Å². The fourth-order valence-electron chi connectivity index (χ4n) is 0.953. The molecule has 13 heavy (non-hydrogen) atoms. The zero-order valence-corrected chi connectivity index (χ0v) is 9.93. The molecule has 0 aromatic rings. The van der Waals surface area contributed by atoms with Gasteiger partial charge in [0.2, 0.25) is 0 Å². The average molecular weight is 253 g/mol. The molecule has 2 atom stereocenters. The van der Waals surface area contributed by atoms with Crippen LogP contribution in [-0.2, 0) is 9.53 Å². The Bertz CT molecular complexity index is 168. The Balaban J connectivity index is 4.26. The van der Waals surface area contributed by atoms with Crippen molar-refractivity contribution in [2.45, 2.75) is 44.0 Å². The van der Waals surface area contributed by atoms with Gasteiger partial charge in [-0.15, -0.1) is 0 Å². The van der Waals surface area contributed by atoms with Crippen LogP contribution >= 0.6 is 15.9 Å². The number of rotatable bonds is 5. The minimum absolute atomic E-state index is 0.332. The minimum atomic E-state index is -0.973. The van der Waals surface area contributed by atoms with Gasteiger partial charge in [0.15, 0.2) is 0 Å². The normalized spacial score (nSPS) is 17.6. The van der Waals surface area contributed by atoms with Crippen molar-refractivity contribution in [2.24, 2.45) is 0 Å². The van der Waals surface area contributed by atoms with Gasteiger partial charge in [-0.3, -0.25) is 4.79 Å². The van der Waals surface area contributed by atoms with Gasteiger partial charge in [-0.05, 0) is 20.3 Å². The van der Waals surface area contributed by atoms with Crippen molar-refractivity contribution < 1.29 is 14.6 Å². The maximum atomic E-state index is 11.4. The first-order chi connectivity index (χ1) is 5.96. The predicted molar refractivity (Wildman–Crippen MR) is 54.9 cm³/mol. The number of aliphatic hydroxyl groups is 1. The molecule has 1 N–H and O–H groups in total. The quantitative estimate of drug-likeness (QED) is 0.601. The summed E-state index contributed by atoms with van der Waals surface area (Å²) in [6, 6.07) is 0. The van der Waals surface area contributed by atoms with Crippen LogP contribution in [0.15, 0.2) is 0 Å². The highest BCUT2D eigenvalue weighted by Crippen LogP contribution is 2.26. The number of alkyl halides is 1. The summed E-state index contributed by atoms with van der Waals surface area (Å²) in [7, 11) is 0. The first-order valence-corrected chi connectivity index (χ1v) is 5.30. The molecule has 0 spiro atoms. The molecule has 0 saturated carbocycles. The van der Waals surface area contributed by atoms with Crippen LogP contribution in [0.25, 0.3) is 0 Å². The van der Waals surface area contributed by atoms with Crippen LogP contribution < -0.4 is 0 Å². The van der Waals surface area contributed by atoms with Crippen LogP contribution in [0.5, 0.6) is 0 Å². The number of halogens is 1. The Morgan fingerprint density at radius 3 is 2.54 bits per heavy atom. The number of hydrogen-bond donors (Lipinski definition) is 1. The third-order valence-corrected chi connectivity index (χ3v) is 2.71. The number of carbonyl (C=O) groups is 1. The van der Waals surface area contributed by atoms with Gasteiger partial charge < -0.3 is 9.84 Å². The molecule has 0 saturated heterocycles. The van der Waals surface area contributed by atoms with Gasteiger partial charge in [0.25, 0.3) is 0 Å². The third-order valence-electron chi connectivity index (χ3n) is 1.86. The van der Waals surface area contributed by atoms with E-state index in [4.69, 9.17) is 4.74 Å². The van der Waals surface area contributed by atoms with E-state index in [-0.39, 0.29) is 0 Å². The maximum Gasteiger partial charge on any atom is 0.325 e. The monoisotopic (exact) mass is 252 g/mol. The van der Waals surface area contributed by atoms with E-state index in [0.717, 1.165) is 6.42 Å². The molecule has 0 aliphatic heterocycles. The molecular weight excluding hydrogens is 236 g/mol. The van der Waals surface area contributed by atoms with E-state index in [1.54, 1.807) is 13.8 Å². The highest BCUT2D eigenvalue weighted by Gasteiger charge is 2.38. The molecule has 78 valence electrons. The first kappa shape index (κ1) is 12.9. The Hall–Kier alpha value is -0.0900. The lowest BCUT2D eigenvalue weighted by Gasteiger charge is -2.25. The van der Waals surface area contributed by atoms with E-state index in [1.165, 1.54) is 0 Å². The molecule has 0 rings (SSSR count). The molecule has 0 bridgehead atoms. The van der Waals surface area contributed by atoms with Gasteiger partial charge in [-0.25, -0.2) is 0 Å². The second-order valence-electron chi connectivity index (χ2n) is 3.10. The minimum Gasteiger partial charge on any atom is -0.465 e. The lowest BCUT2D eigenvalue weighted by Crippen LogP contribution is -2.42. The van der Waals surface area contributed by atoms with Crippen LogP contribution in [0.3, 0.4) is 0 Å². The molecule has 0 radical (unpaired) electrons. The molecule has 0 fully saturated rings. The topological polar surface area (TPSA) is 46.5 Å². The zero-order valence-electron chi connectivity index (χ0n) is 8.34. The van der Waals surface area contributed by atoms with E-state index in [1.807, 2.05) is 6.92 Å². The molecule has 0 heterocycles. The van der Waals surface area contributed by atoms with Gasteiger partial charge in [-0.1, -0.05) is 29.3 Å². The van der Waals surface area contributed by atoms with Gasteiger partial charge in [0.05, 0.1) is 12.7 Å². The van der Waals surface area contributed by atoms with E-state index in [9.17, 15) is 9.90 Å². The Morgan fingerprint density at radius 2 is 2.15 bits per heavy atom. The molecule has 0 amide bonds. The highest BCUT2D eigenvalue weighted by atomic mass is 79.9. The smallest absolute Gasteiger partial charge is 0.325 e. The summed E-state index contributed by atoms with van der Waals surface area (Å²) in [5.41, 5.74) is 0. The predicted octanol–water partition coefficient (Wildman–Crippen LogP) is 1.86. The van der Waals surface area contributed by atoms with Crippen LogP contribution in [0.1, 0.15) is 33.6 Å². The largest absolute Gasteiger partial charge is 0.465 e. The van der Waals surface area contributed by atoms with Gasteiger partial charge in [-0.2, -0.15) is 0 Å². The van der Waals surface area contributed by atoms with Gasteiger partial charge in [0, 0.05) is 0 Å². The number of ether oxygens (including phenoxy) is 1. The van der Waals surface area contributed by atoms with Crippen LogP contribution in [0.4, 0.5) is 0 Å². The number of carbonyl (C=O) groups excluding carboxylic acids is 1. The van der Waals surface area contributed by atoms with Crippen molar-refractivity contribution in [2.75, 3.05) is 6.61 Å². The summed E-state index contributed by atoms with van der Waals surface area (Å²) >= 11 is 3.19. The van der Waals surface area contributed by atoms with E-state index >= 15 is 0 Å². The molecule has 0 aliphatic rings. The molecule has 0 aromatic heterocycles. The Morgan fingerprint density at radius 1 is 1.62 bits per heavy atom. The summed E-state index contributed by atoms with van der Waals surface area (Å²) < 4.78 is 3.86. The summed E-state index contributed by atoms with van der Waals surface area (Å²) in [5, 5.41) is 9.63. The molecule has 0 unspecified atom stereocenters. The zero-order chi connectivity index (χ0) is 10.5. The molecule has 0 aliphatic carbocycles. The van der Waals surface area contributed by atoms with Crippen molar-refractivity contribution in [1.29, 1.82) is 0 Å². The second-order valence-corrected chi connectivity index (χ2v) is 4.75. The lowest BCUT2D eigenvalue weighted by atomic mass is 10.0. The average Bonchev–Trinajstić information content (AvgIpc) is 2.05. The van der Waals surface area contributed by atoms with E-state index < -0.39 is 16.4 Å². The third kappa shape index (κ3) is 3.65. The van der Waals surface area contributed by atoms with Crippen molar-refractivity contribution in [3.8, 4) is 0 Å². The van der Waals surface area contributed by atoms with Crippen LogP contribution in [0, 0.1) is 0 Å². The fraction of sp³-hybridized carbons (Fsp3) is 0.889. The molecule has 0 aromatic carbocycles. The number of esters is 1. The summed E-state index contributed by atoms with van der Waals surface area (Å²) in [5.74, 6) is -0.407. The van der Waals surface area contributed by atoms with E-state index in [0.29, 0.717) is 13.0 Å². The SMILES string of the molecule is CCC[C@H](O)[C@@](C)(Br)C(=O)OCC. The fourth-order valence-corrected chi connectivity index (χ4v) is 1.30. The maximum absolute atomic E-state index is 11.4.